The van der Waals surface area contributed by atoms with Crippen LogP contribution in [0.4, 0.5) is 9.18 Å². The molecule has 106 valence electrons. The lowest BCUT2D eigenvalue weighted by Crippen LogP contribution is -2.32. The van der Waals surface area contributed by atoms with Crippen LogP contribution in [-0.4, -0.2) is 23.9 Å². The number of alkyl carbamates (subject to hydrolysis) is 1. The fraction of sp³-hybridized carbons (Fsp3) is 0.462. The molecule has 2 N–H and O–H groups in total. The van der Waals surface area contributed by atoms with E-state index in [2.05, 4.69) is 5.32 Å². The third kappa shape index (κ3) is 4.65. The normalized spacial score (nSPS) is 11.0. The first-order chi connectivity index (χ1) is 8.73. The molecule has 0 aliphatic heterocycles. The number of aromatic hydroxyl groups is 1. The number of nitrogens with one attached hydrogen (secondary N) is 1. The van der Waals surface area contributed by atoms with E-state index in [1.54, 1.807) is 20.8 Å². The highest BCUT2D eigenvalue weighted by atomic mass is 19.1. The van der Waals surface area contributed by atoms with Crippen molar-refractivity contribution >= 4 is 6.09 Å². The molecule has 0 aliphatic carbocycles. The third-order valence-corrected chi connectivity index (χ3v) is 2.17. The second-order valence-corrected chi connectivity index (χ2v) is 4.97. The fourth-order valence-electron chi connectivity index (χ4n) is 1.37. The Hall–Kier alpha value is -1.98. The summed E-state index contributed by atoms with van der Waals surface area (Å²) >= 11 is 0. The Balaban J connectivity index is 2.70. The van der Waals surface area contributed by atoms with Gasteiger partial charge in [0.15, 0.2) is 11.5 Å². The van der Waals surface area contributed by atoms with E-state index in [9.17, 15) is 14.3 Å². The minimum atomic E-state index is -0.640. The van der Waals surface area contributed by atoms with Gasteiger partial charge in [-0.15, -0.1) is 0 Å². The molecule has 5 nitrogen and oxygen atoms in total. The van der Waals surface area contributed by atoms with Crippen LogP contribution in [-0.2, 0) is 11.3 Å². The van der Waals surface area contributed by atoms with Crippen molar-refractivity contribution in [3.8, 4) is 11.5 Å². The summed E-state index contributed by atoms with van der Waals surface area (Å²) in [6.07, 6.45) is -0.640. The predicted molar refractivity (Wildman–Crippen MR) is 67.7 cm³/mol. The van der Waals surface area contributed by atoms with Gasteiger partial charge in [0.05, 0.1) is 7.11 Å². The van der Waals surface area contributed by atoms with Gasteiger partial charge in [-0.1, -0.05) is 0 Å². The molecular formula is C13H18FNO4. The van der Waals surface area contributed by atoms with Crippen molar-refractivity contribution in [2.75, 3.05) is 7.11 Å². The SMILES string of the molecule is COc1cc(CNC(=O)OC(C)(C)C)c(F)cc1O. The van der Waals surface area contributed by atoms with Crippen molar-refractivity contribution in [2.45, 2.75) is 32.9 Å². The maximum Gasteiger partial charge on any atom is 0.407 e. The molecule has 1 aromatic rings. The molecule has 0 radical (unpaired) electrons. The second kappa shape index (κ2) is 5.77. The van der Waals surface area contributed by atoms with Crippen LogP contribution in [0.5, 0.6) is 11.5 Å². The Kier molecular flexibility index (Phi) is 4.58. The van der Waals surface area contributed by atoms with Crippen molar-refractivity contribution in [2.24, 2.45) is 0 Å². The molecule has 0 saturated carbocycles. The van der Waals surface area contributed by atoms with Crippen LogP contribution in [0.3, 0.4) is 0 Å². The highest BCUT2D eigenvalue weighted by molar-refractivity contribution is 5.67. The summed E-state index contributed by atoms with van der Waals surface area (Å²) in [5.41, 5.74) is -0.421. The number of phenols is 1. The van der Waals surface area contributed by atoms with Crippen molar-refractivity contribution in [3.05, 3.63) is 23.5 Å². The van der Waals surface area contributed by atoms with E-state index in [4.69, 9.17) is 9.47 Å². The van der Waals surface area contributed by atoms with Gasteiger partial charge in [0.2, 0.25) is 0 Å². The van der Waals surface area contributed by atoms with Crippen LogP contribution < -0.4 is 10.1 Å². The number of amides is 1. The highest BCUT2D eigenvalue weighted by Crippen LogP contribution is 2.28. The van der Waals surface area contributed by atoms with Gasteiger partial charge in [0.25, 0.3) is 0 Å². The van der Waals surface area contributed by atoms with E-state index in [1.807, 2.05) is 0 Å². The Morgan fingerprint density at radius 1 is 1.42 bits per heavy atom. The maximum atomic E-state index is 13.5. The van der Waals surface area contributed by atoms with Crippen molar-refractivity contribution in [1.29, 1.82) is 0 Å². The van der Waals surface area contributed by atoms with E-state index in [1.165, 1.54) is 13.2 Å². The summed E-state index contributed by atoms with van der Waals surface area (Å²) in [7, 11) is 1.36. The molecule has 0 aromatic heterocycles. The van der Waals surface area contributed by atoms with Gasteiger partial charge >= 0.3 is 6.09 Å². The molecule has 0 bridgehead atoms. The van der Waals surface area contributed by atoms with Crippen molar-refractivity contribution < 1.29 is 23.8 Å². The fourth-order valence-corrected chi connectivity index (χ4v) is 1.37. The van der Waals surface area contributed by atoms with Crippen LogP contribution in [0.1, 0.15) is 26.3 Å². The average Bonchev–Trinajstić information content (AvgIpc) is 2.25. The molecule has 0 saturated heterocycles. The molecule has 0 fully saturated rings. The molecule has 1 rings (SSSR count). The van der Waals surface area contributed by atoms with E-state index in [0.29, 0.717) is 0 Å². The van der Waals surface area contributed by atoms with Crippen LogP contribution in [0.2, 0.25) is 0 Å². The Labute approximate surface area is 111 Å². The molecule has 6 heteroatoms. The Bertz CT molecular complexity index is 468. The molecule has 19 heavy (non-hydrogen) atoms. The lowest BCUT2D eigenvalue weighted by molar-refractivity contribution is 0.0523. The number of methoxy groups -OCH3 is 1. The van der Waals surface area contributed by atoms with E-state index in [0.717, 1.165) is 6.07 Å². The zero-order valence-electron chi connectivity index (χ0n) is 11.4. The van der Waals surface area contributed by atoms with E-state index < -0.39 is 17.5 Å². The number of rotatable bonds is 3. The van der Waals surface area contributed by atoms with Gasteiger partial charge in [-0.2, -0.15) is 0 Å². The minimum absolute atomic E-state index is 0.0581. The van der Waals surface area contributed by atoms with Crippen molar-refractivity contribution in [1.82, 2.24) is 5.32 Å². The molecule has 0 atom stereocenters. The summed E-state index contributed by atoms with van der Waals surface area (Å²) in [4.78, 5) is 11.4. The first-order valence-electron chi connectivity index (χ1n) is 5.75. The number of benzene rings is 1. The zero-order valence-corrected chi connectivity index (χ0v) is 11.4. The molecule has 1 aromatic carbocycles. The lowest BCUT2D eigenvalue weighted by atomic mass is 10.2. The van der Waals surface area contributed by atoms with Crippen molar-refractivity contribution in [3.63, 3.8) is 0 Å². The molecule has 0 unspecified atom stereocenters. The summed E-state index contributed by atoms with van der Waals surface area (Å²) in [6.45, 7) is 5.14. The van der Waals surface area contributed by atoms with Crippen LogP contribution in [0.15, 0.2) is 12.1 Å². The lowest BCUT2D eigenvalue weighted by Gasteiger charge is -2.19. The number of ether oxygens (including phenoxy) is 2. The topological polar surface area (TPSA) is 67.8 Å². The largest absolute Gasteiger partial charge is 0.504 e. The van der Waals surface area contributed by atoms with Gasteiger partial charge in [-0.3, -0.25) is 0 Å². The van der Waals surface area contributed by atoms with Gasteiger partial charge in [-0.05, 0) is 26.8 Å². The molecule has 0 aliphatic rings. The Morgan fingerprint density at radius 2 is 2.05 bits per heavy atom. The second-order valence-electron chi connectivity index (χ2n) is 4.97. The van der Waals surface area contributed by atoms with Gasteiger partial charge in [-0.25, -0.2) is 9.18 Å². The number of carbonyl (C=O) groups is 1. The number of hydrogen-bond acceptors (Lipinski definition) is 4. The minimum Gasteiger partial charge on any atom is -0.504 e. The van der Waals surface area contributed by atoms with E-state index >= 15 is 0 Å². The van der Waals surface area contributed by atoms with Crippen LogP contribution in [0, 0.1) is 5.82 Å². The first kappa shape index (κ1) is 15.1. The molecular weight excluding hydrogens is 253 g/mol. The van der Waals surface area contributed by atoms with Gasteiger partial charge < -0.3 is 19.9 Å². The number of hydrogen-bond donors (Lipinski definition) is 2. The van der Waals surface area contributed by atoms with Crippen LogP contribution in [0.25, 0.3) is 0 Å². The molecule has 1 amide bonds. The summed E-state index contributed by atoms with van der Waals surface area (Å²) in [6, 6.07) is 2.26. The summed E-state index contributed by atoms with van der Waals surface area (Å²) < 4.78 is 23.4. The Morgan fingerprint density at radius 3 is 2.58 bits per heavy atom. The number of halogens is 1. The zero-order chi connectivity index (χ0) is 14.6. The standard InChI is InChI=1S/C13H18FNO4/c1-13(2,3)19-12(17)15-7-8-5-11(18-4)10(16)6-9(8)14/h5-6,16H,7H2,1-4H3,(H,15,17). The van der Waals surface area contributed by atoms with Gasteiger partial charge in [0.1, 0.15) is 11.4 Å². The molecule has 0 spiro atoms. The quantitative estimate of drug-likeness (QED) is 0.886. The monoisotopic (exact) mass is 271 g/mol. The molecule has 0 heterocycles. The summed E-state index contributed by atoms with van der Waals surface area (Å²) in [5.74, 6) is -0.780. The number of phenolic OH excluding ortho intramolecular Hbond substituents is 1. The number of carbonyl (C=O) groups excluding carboxylic acids is 1. The first-order valence-corrected chi connectivity index (χ1v) is 5.75. The predicted octanol–water partition coefficient (Wildman–Crippen LogP) is 2.56. The van der Waals surface area contributed by atoms with Gasteiger partial charge in [0, 0.05) is 18.2 Å². The smallest absolute Gasteiger partial charge is 0.407 e. The highest BCUT2D eigenvalue weighted by Gasteiger charge is 2.17. The van der Waals surface area contributed by atoms with Crippen LogP contribution >= 0.6 is 0 Å². The average molecular weight is 271 g/mol. The third-order valence-electron chi connectivity index (χ3n) is 2.17. The van der Waals surface area contributed by atoms with E-state index in [-0.39, 0.29) is 23.6 Å². The maximum absolute atomic E-state index is 13.5. The summed E-state index contributed by atoms with van der Waals surface area (Å²) in [5, 5.41) is 11.8.